The summed E-state index contributed by atoms with van der Waals surface area (Å²) in [6.07, 6.45) is 1.04. The SMILES string of the molecule is Cl.NC/C(=C\F)Cn1ncn(Cc2ccc(C3Oc4ccccc4NC3=O)s2)c1=O. The molecule has 0 aliphatic carbocycles. The topological polar surface area (TPSA) is 104 Å². The second-order valence-corrected chi connectivity index (χ2v) is 7.66. The zero-order valence-corrected chi connectivity index (χ0v) is 17.3. The monoisotopic (exact) mass is 451 g/mol. The summed E-state index contributed by atoms with van der Waals surface area (Å²) in [5, 5.41) is 6.84. The molecule has 1 amide bonds. The van der Waals surface area contributed by atoms with Crippen molar-refractivity contribution in [2.24, 2.45) is 5.73 Å². The highest BCUT2D eigenvalue weighted by molar-refractivity contribution is 7.12. The molecule has 0 spiro atoms. The highest BCUT2D eigenvalue weighted by Gasteiger charge is 2.30. The maximum atomic E-state index is 12.7. The number of hydrogen-bond donors (Lipinski definition) is 2. The Labute approximate surface area is 181 Å². The van der Waals surface area contributed by atoms with E-state index in [0.717, 1.165) is 14.4 Å². The van der Waals surface area contributed by atoms with E-state index in [0.29, 0.717) is 17.8 Å². The second kappa shape index (κ2) is 9.24. The molecular weight excluding hydrogens is 433 g/mol. The molecule has 3 N–H and O–H groups in total. The molecule has 1 aliphatic heterocycles. The molecule has 1 atom stereocenters. The van der Waals surface area contributed by atoms with Crippen LogP contribution in [-0.4, -0.2) is 26.8 Å². The Morgan fingerprint density at radius 2 is 2.10 bits per heavy atom. The number of anilines is 1. The number of amides is 1. The van der Waals surface area contributed by atoms with Gasteiger partial charge < -0.3 is 15.8 Å². The first-order valence-corrected chi connectivity index (χ1v) is 9.66. The van der Waals surface area contributed by atoms with Crippen LogP contribution < -0.4 is 21.5 Å². The van der Waals surface area contributed by atoms with Gasteiger partial charge in [0.2, 0.25) is 6.10 Å². The van der Waals surface area contributed by atoms with E-state index in [-0.39, 0.29) is 49.2 Å². The van der Waals surface area contributed by atoms with E-state index >= 15 is 0 Å². The van der Waals surface area contributed by atoms with Crippen LogP contribution in [-0.2, 0) is 17.9 Å². The smallest absolute Gasteiger partial charge is 0.346 e. The van der Waals surface area contributed by atoms with Crippen molar-refractivity contribution >= 4 is 35.3 Å². The molecule has 158 valence electrons. The molecule has 8 nitrogen and oxygen atoms in total. The van der Waals surface area contributed by atoms with Gasteiger partial charge in [-0.15, -0.1) is 23.7 Å². The standard InChI is InChI=1S/C19H18FN5O3S.ClH/c20-7-12(8-21)9-25-19(27)24(11-22-25)10-13-5-6-16(29-13)17-18(26)23-14-3-1-2-4-15(14)28-17;/h1-7,11,17H,8-10,21H2,(H,23,26);1H/b12-7+;. The van der Waals surface area contributed by atoms with Gasteiger partial charge in [0, 0.05) is 11.4 Å². The molecule has 1 unspecified atom stereocenters. The average Bonchev–Trinajstić information content (AvgIpc) is 3.33. The Bertz CT molecular complexity index is 1140. The van der Waals surface area contributed by atoms with E-state index in [9.17, 15) is 14.0 Å². The first-order chi connectivity index (χ1) is 14.1. The Balaban J connectivity index is 0.00000256. The number of carbonyl (C=O) groups is 1. The maximum Gasteiger partial charge on any atom is 0.346 e. The molecular formula is C19H19ClFN5O3S. The average molecular weight is 452 g/mol. The molecule has 1 aliphatic rings. The molecule has 0 bridgehead atoms. The highest BCUT2D eigenvalue weighted by Crippen LogP contribution is 2.36. The number of halogens is 2. The van der Waals surface area contributed by atoms with Crippen LogP contribution >= 0.6 is 23.7 Å². The van der Waals surface area contributed by atoms with E-state index in [4.69, 9.17) is 10.5 Å². The third kappa shape index (κ3) is 4.30. The van der Waals surface area contributed by atoms with Crippen LogP contribution in [0.1, 0.15) is 15.9 Å². The van der Waals surface area contributed by atoms with E-state index in [1.165, 1.54) is 22.2 Å². The van der Waals surface area contributed by atoms with Crippen LogP contribution in [0.4, 0.5) is 10.1 Å². The fourth-order valence-corrected chi connectivity index (χ4v) is 3.99. The molecule has 3 heterocycles. The number of thiophene rings is 1. The lowest BCUT2D eigenvalue weighted by atomic mass is 10.2. The number of hydrogen-bond acceptors (Lipinski definition) is 6. The number of ether oxygens (including phenoxy) is 1. The number of benzene rings is 1. The molecule has 4 rings (SSSR count). The minimum Gasteiger partial charge on any atom is -0.473 e. The number of aromatic nitrogens is 3. The minimum absolute atomic E-state index is 0. The zero-order chi connectivity index (χ0) is 20.4. The van der Waals surface area contributed by atoms with Crippen LogP contribution in [0, 0.1) is 0 Å². The lowest BCUT2D eigenvalue weighted by Gasteiger charge is -2.24. The number of para-hydroxylation sites is 2. The van der Waals surface area contributed by atoms with Gasteiger partial charge in [0.25, 0.3) is 5.91 Å². The second-order valence-electron chi connectivity index (χ2n) is 6.46. The summed E-state index contributed by atoms with van der Waals surface area (Å²) in [6, 6.07) is 10.9. The summed E-state index contributed by atoms with van der Waals surface area (Å²) in [5.74, 6) is 0.371. The number of fused-ring (bicyclic) bond motifs is 1. The molecule has 11 heteroatoms. The van der Waals surface area contributed by atoms with Gasteiger partial charge in [0.05, 0.1) is 30.0 Å². The summed E-state index contributed by atoms with van der Waals surface area (Å²) in [4.78, 5) is 26.4. The lowest BCUT2D eigenvalue weighted by molar-refractivity contribution is -0.123. The van der Waals surface area contributed by atoms with Crippen LogP contribution in [0.25, 0.3) is 0 Å². The predicted molar refractivity (Wildman–Crippen MR) is 114 cm³/mol. The van der Waals surface area contributed by atoms with Crippen molar-refractivity contribution < 1.29 is 13.9 Å². The molecule has 0 fully saturated rings. The fourth-order valence-electron chi connectivity index (χ4n) is 2.95. The molecule has 0 radical (unpaired) electrons. The van der Waals surface area contributed by atoms with E-state index in [2.05, 4.69) is 10.4 Å². The van der Waals surface area contributed by atoms with Crippen molar-refractivity contribution in [1.29, 1.82) is 0 Å². The summed E-state index contributed by atoms with van der Waals surface area (Å²) in [7, 11) is 0. The fraction of sp³-hybridized carbons (Fsp3) is 0.211. The van der Waals surface area contributed by atoms with Crippen LogP contribution in [0.3, 0.4) is 0 Å². The van der Waals surface area contributed by atoms with Crippen molar-refractivity contribution in [3.63, 3.8) is 0 Å². The Hall–Kier alpha value is -2.95. The van der Waals surface area contributed by atoms with Gasteiger partial charge in [0.1, 0.15) is 12.1 Å². The van der Waals surface area contributed by atoms with Crippen molar-refractivity contribution in [3.8, 4) is 5.75 Å². The molecule has 3 aromatic rings. The van der Waals surface area contributed by atoms with Crippen molar-refractivity contribution in [1.82, 2.24) is 14.3 Å². The normalized spacial score (nSPS) is 15.7. The van der Waals surface area contributed by atoms with Crippen LogP contribution in [0.2, 0.25) is 0 Å². The number of rotatable bonds is 6. The van der Waals surface area contributed by atoms with Crippen molar-refractivity contribution in [2.45, 2.75) is 19.2 Å². The third-order valence-electron chi connectivity index (χ3n) is 4.46. The minimum atomic E-state index is -0.745. The van der Waals surface area contributed by atoms with Crippen LogP contribution in [0.15, 0.2) is 59.4 Å². The molecule has 2 aromatic heterocycles. The van der Waals surface area contributed by atoms with Gasteiger partial charge in [-0.25, -0.2) is 13.9 Å². The Morgan fingerprint density at radius 1 is 1.30 bits per heavy atom. The lowest BCUT2D eigenvalue weighted by Crippen LogP contribution is -2.29. The molecule has 30 heavy (non-hydrogen) atoms. The summed E-state index contributed by atoms with van der Waals surface area (Å²) >= 11 is 1.38. The number of nitrogens with zero attached hydrogens (tertiary/aromatic N) is 3. The first kappa shape index (κ1) is 21.8. The van der Waals surface area contributed by atoms with Gasteiger partial charge >= 0.3 is 5.69 Å². The largest absolute Gasteiger partial charge is 0.473 e. The molecule has 1 aromatic carbocycles. The summed E-state index contributed by atoms with van der Waals surface area (Å²) in [6.45, 7) is 0.298. The molecule has 0 saturated carbocycles. The summed E-state index contributed by atoms with van der Waals surface area (Å²) in [5.41, 5.74) is 5.97. The molecule has 0 saturated heterocycles. The number of nitrogens with one attached hydrogen (secondary N) is 1. The van der Waals surface area contributed by atoms with Crippen LogP contribution in [0.5, 0.6) is 5.75 Å². The van der Waals surface area contributed by atoms with Gasteiger partial charge in [-0.05, 0) is 29.8 Å². The van der Waals surface area contributed by atoms with Gasteiger partial charge in [-0.3, -0.25) is 9.36 Å². The van der Waals surface area contributed by atoms with Crippen molar-refractivity contribution in [2.75, 3.05) is 11.9 Å². The zero-order valence-electron chi connectivity index (χ0n) is 15.7. The Morgan fingerprint density at radius 3 is 2.87 bits per heavy atom. The highest BCUT2D eigenvalue weighted by atomic mass is 35.5. The van der Waals surface area contributed by atoms with E-state index in [1.54, 1.807) is 12.1 Å². The quantitative estimate of drug-likeness (QED) is 0.599. The van der Waals surface area contributed by atoms with Gasteiger partial charge in [0.15, 0.2) is 0 Å². The Kier molecular flexibility index (Phi) is 6.70. The van der Waals surface area contributed by atoms with Crippen molar-refractivity contribution in [3.05, 3.63) is 74.9 Å². The summed E-state index contributed by atoms with van der Waals surface area (Å²) < 4.78 is 21.1. The third-order valence-corrected chi connectivity index (χ3v) is 5.57. The van der Waals surface area contributed by atoms with Gasteiger partial charge in [-0.1, -0.05) is 12.1 Å². The van der Waals surface area contributed by atoms with Gasteiger partial charge in [-0.2, -0.15) is 5.10 Å². The number of carbonyl (C=O) groups excluding carboxylic acids is 1. The maximum absolute atomic E-state index is 12.7. The predicted octanol–water partition coefficient (Wildman–Crippen LogP) is 2.46. The van der Waals surface area contributed by atoms with E-state index < -0.39 is 6.10 Å². The first-order valence-electron chi connectivity index (χ1n) is 8.84. The van der Waals surface area contributed by atoms with E-state index in [1.807, 2.05) is 24.3 Å². The number of nitrogens with two attached hydrogens (primary N) is 1.